The van der Waals surface area contributed by atoms with Crippen molar-refractivity contribution >= 4 is 17.4 Å². The van der Waals surface area contributed by atoms with E-state index in [4.69, 9.17) is 9.47 Å². The van der Waals surface area contributed by atoms with Gasteiger partial charge in [-0.2, -0.15) is 0 Å². The van der Waals surface area contributed by atoms with Gasteiger partial charge in [-0.3, -0.25) is 0 Å². The molecule has 3 aromatic carbocycles. The van der Waals surface area contributed by atoms with E-state index in [0.717, 1.165) is 0 Å². The molecule has 1 aliphatic rings. The van der Waals surface area contributed by atoms with Gasteiger partial charge >= 0.3 is 5.97 Å². The molecule has 0 saturated heterocycles. The number of ether oxygens (including phenoxy) is 2. The van der Waals surface area contributed by atoms with Crippen molar-refractivity contribution in [3.63, 3.8) is 0 Å². The van der Waals surface area contributed by atoms with Gasteiger partial charge in [0.1, 0.15) is 17.3 Å². The SMILES string of the molecule is CCOC(=O)c1ccc(C2=c3cc(F)ccc3=Nc3ccccc3O2)cc1. The van der Waals surface area contributed by atoms with Gasteiger partial charge in [0.15, 0.2) is 5.75 Å². The molecule has 0 radical (unpaired) electrons. The molecular formula is C22H16FNO3. The monoisotopic (exact) mass is 361 g/mol. The Labute approximate surface area is 155 Å². The standard InChI is InChI=1S/C22H16FNO3/c1-2-26-22(25)15-9-7-14(8-10-15)21-17-13-16(23)11-12-18(17)24-19-5-3-4-6-20(19)27-21/h3-13H,2H2,1H3. The predicted octanol–water partition coefficient (Wildman–Crippen LogP) is 3.50. The lowest BCUT2D eigenvalue weighted by molar-refractivity contribution is 0.0526. The molecule has 3 aromatic rings. The second kappa shape index (κ2) is 7.03. The molecule has 1 aliphatic heterocycles. The van der Waals surface area contributed by atoms with E-state index in [1.54, 1.807) is 37.3 Å². The Kier molecular flexibility index (Phi) is 4.42. The lowest BCUT2D eigenvalue weighted by Crippen LogP contribution is -2.28. The lowest BCUT2D eigenvalue weighted by atomic mass is 10.1. The fourth-order valence-corrected chi connectivity index (χ4v) is 2.90. The zero-order valence-electron chi connectivity index (χ0n) is 14.6. The van der Waals surface area contributed by atoms with Crippen LogP contribution in [-0.2, 0) is 4.74 Å². The van der Waals surface area contributed by atoms with Crippen LogP contribution < -0.4 is 15.3 Å². The topological polar surface area (TPSA) is 47.9 Å². The molecule has 1 heterocycles. The molecule has 5 heteroatoms. The minimum Gasteiger partial charge on any atom is -0.462 e. The fraction of sp³-hybridized carbons (Fsp3) is 0.0909. The second-order valence-corrected chi connectivity index (χ2v) is 5.97. The van der Waals surface area contributed by atoms with Crippen molar-refractivity contribution < 1.29 is 18.7 Å². The van der Waals surface area contributed by atoms with Gasteiger partial charge in [-0.1, -0.05) is 24.3 Å². The van der Waals surface area contributed by atoms with Crippen molar-refractivity contribution in [3.05, 3.63) is 94.3 Å². The fourth-order valence-electron chi connectivity index (χ4n) is 2.90. The van der Waals surface area contributed by atoms with Crippen LogP contribution in [0.2, 0.25) is 0 Å². The van der Waals surface area contributed by atoms with E-state index in [1.165, 1.54) is 12.1 Å². The quantitative estimate of drug-likeness (QED) is 0.671. The number of carbonyl (C=O) groups excluding carboxylic acids is 1. The Morgan fingerprint density at radius 2 is 1.85 bits per heavy atom. The first-order chi connectivity index (χ1) is 13.2. The summed E-state index contributed by atoms with van der Waals surface area (Å²) < 4.78 is 25.1. The first-order valence-electron chi connectivity index (χ1n) is 8.59. The highest BCUT2D eigenvalue weighted by Crippen LogP contribution is 2.30. The van der Waals surface area contributed by atoms with Crippen molar-refractivity contribution in [2.75, 3.05) is 6.61 Å². The number of hydrogen-bond donors (Lipinski definition) is 0. The Morgan fingerprint density at radius 1 is 1.07 bits per heavy atom. The number of rotatable bonds is 3. The highest BCUT2D eigenvalue weighted by Gasteiger charge is 2.15. The number of nitrogens with zero attached hydrogens (tertiary/aromatic N) is 1. The normalized spacial score (nSPS) is 12.1. The molecule has 0 atom stereocenters. The third-order valence-corrected chi connectivity index (χ3v) is 4.18. The molecule has 134 valence electrons. The van der Waals surface area contributed by atoms with Crippen LogP contribution in [0.3, 0.4) is 0 Å². The maximum atomic E-state index is 13.9. The molecule has 0 N–H and O–H groups in total. The van der Waals surface area contributed by atoms with E-state index in [1.807, 2.05) is 24.3 Å². The van der Waals surface area contributed by atoms with Crippen molar-refractivity contribution in [2.24, 2.45) is 4.99 Å². The largest absolute Gasteiger partial charge is 0.462 e. The number of esters is 1. The Bertz CT molecular complexity index is 1140. The molecule has 27 heavy (non-hydrogen) atoms. The summed E-state index contributed by atoms with van der Waals surface area (Å²) in [7, 11) is 0. The summed E-state index contributed by atoms with van der Waals surface area (Å²) in [6, 6.07) is 18.6. The van der Waals surface area contributed by atoms with Crippen LogP contribution in [0.4, 0.5) is 10.1 Å². The van der Waals surface area contributed by atoms with Gasteiger partial charge in [0.2, 0.25) is 0 Å². The van der Waals surface area contributed by atoms with Gasteiger partial charge in [-0.05, 0) is 49.4 Å². The van der Waals surface area contributed by atoms with Crippen LogP contribution in [0, 0.1) is 5.82 Å². The van der Waals surface area contributed by atoms with E-state index in [2.05, 4.69) is 4.99 Å². The van der Waals surface area contributed by atoms with Crippen LogP contribution >= 0.6 is 0 Å². The molecule has 4 rings (SSSR count). The lowest BCUT2D eigenvalue weighted by Gasteiger charge is -2.11. The van der Waals surface area contributed by atoms with Gasteiger partial charge in [-0.25, -0.2) is 14.2 Å². The maximum Gasteiger partial charge on any atom is 0.338 e. The molecule has 0 aliphatic carbocycles. The van der Waals surface area contributed by atoms with Crippen molar-refractivity contribution in [1.82, 2.24) is 0 Å². The van der Waals surface area contributed by atoms with Crippen LogP contribution in [-0.4, -0.2) is 12.6 Å². The van der Waals surface area contributed by atoms with E-state index in [9.17, 15) is 9.18 Å². The van der Waals surface area contributed by atoms with Crippen LogP contribution in [0.5, 0.6) is 5.75 Å². The van der Waals surface area contributed by atoms with Crippen LogP contribution in [0.25, 0.3) is 5.76 Å². The van der Waals surface area contributed by atoms with Gasteiger partial charge in [0, 0.05) is 10.8 Å². The number of carbonyl (C=O) groups is 1. The summed E-state index contributed by atoms with van der Waals surface area (Å²) >= 11 is 0. The van der Waals surface area contributed by atoms with Gasteiger partial charge in [0.05, 0.1) is 17.5 Å². The second-order valence-electron chi connectivity index (χ2n) is 5.97. The molecule has 0 amide bonds. The van der Waals surface area contributed by atoms with Crippen molar-refractivity contribution in [3.8, 4) is 5.75 Å². The number of fused-ring (bicyclic) bond motifs is 2. The first kappa shape index (κ1) is 17.0. The summed E-state index contributed by atoms with van der Waals surface area (Å²) in [6.07, 6.45) is 0. The summed E-state index contributed by atoms with van der Waals surface area (Å²) in [6.45, 7) is 2.07. The molecule has 0 fully saturated rings. The molecular weight excluding hydrogens is 345 g/mol. The van der Waals surface area contributed by atoms with Crippen LogP contribution in [0.15, 0.2) is 71.7 Å². The zero-order valence-corrected chi connectivity index (χ0v) is 14.6. The summed E-state index contributed by atoms with van der Waals surface area (Å²) in [5.41, 5.74) is 1.82. The van der Waals surface area contributed by atoms with Crippen LogP contribution in [0.1, 0.15) is 22.8 Å². The molecule has 0 bridgehead atoms. The third kappa shape index (κ3) is 3.31. The van der Waals surface area contributed by atoms with E-state index in [-0.39, 0.29) is 11.8 Å². The number of para-hydroxylation sites is 2. The Balaban J connectivity index is 1.89. The maximum absolute atomic E-state index is 13.9. The van der Waals surface area contributed by atoms with E-state index < -0.39 is 0 Å². The summed E-state index contributed by atoms with van der Waals surface area (Å²) in [5.74, 6) is 0.300. The molecule has 0 saturated carbocycles. The van der Waals surface area contributed by atoms with E-state index in [0.29, 0.717) is 45.5 Å². The van der Waals surface area contributed by atoms with E-state index >= 15 is 0 Å². The third-order valence-electron chi connectivity index (χ3n) is 4.18. The van der Waals surface area contributed by atoms with Gasteiger partial charge in [-0.15, -0.1) is 0 Å². The molecule has 0 spiro atoms. The molecule has 4 nitrogen and oxygen atoms in total. The highest BCUT2D eigenvalue weighted by atomic mass is 19.1. The first-order valence-corrected chi connectivity index (χ1v) is 8.59. The summed E-state index contributed by atoms with van der Waals surface area (Å²) in [4.78, 5) is 16.5. The highest BCUT2D eigenvalue weighted by molar-refractivity contribution is 5.89. The molecule has 0 aromatic heterocycles. The number of hydrogen-bond acceptors (Lipinski definition) is 4. The Morgan fingerprint density at radius 3 is 2.63 bits per heavy atom. The zero-order chi connectivity index (χ0) is 18.8. The minimum atomic E-state index is -0.386. The predicted molar refractivity (Wildman–Crippen MR) is 98.8 cm³/mol. The number of halogens is 1. The van der Waals surface area contributed by atoms with Crippen molar-refractivity contribution in [1.29, 1.82) is 0 Å². The molecule has 0 unspecified atom stereocenters. The average molecular weight is 361 g/mol. The average Bonchev–Trinajstić information content (AvgIpc) is 2.85. The van der Waals surface area contributed by atoms with Crippen molar-refractivity contribution in [2.45, 2.75) is 6.92 Å². The minimum absolute atomic E-state index is 0.312. The summed E-state index contributed by atoms with van der Waals surface area (Å²) in [5, 5.41) is 1.17. The smallest absolute Gasteiger partial charge is 0.338 e. The van der Waals surface area contributed by atoms with Gasteiger partial charge < -0.3 is 9.47 Å². The number of benzene rings is 3. The Hall–Kier alpha value is -3.47. The van der Waals surface area contributed by atoms with Gasteiger partial charge in [0.25, 0.3) is 0 Å².